The van der Waals surface area contributed by atoms with Crippen molar-refractivity contribution in [2.45, 2.75) is 91.0 Å². The third-order valence-corrected chi connectivity index (χ3v) is 8.34. The third kappa shape index (κ3) is 4.96. The lowest BCUT2D eigenvalue weighted by Gasteiger charge is -2.47. The van der Waals surface area contributed by atoms with Gasteiger partial charge in [-0.25, -0.2) is 0 Å². The summed E-state index contributed by atoms with van der Waals surface area (Å²) in [4.78, 5) is 20.9. The molecule has 3 nitrogen and oxygen atoms in total. The lowest BCUT2D eigenvalue weighted by atomic mass is 9.69. The number of aliphatic imine (C=N–C) groups is 1. The molecular formula is C30H37F3N2O. The van der Waals surface area contributed by atoms with E-state index in [4.69, 9.17) is 4.99 Å². The van der Waals surface area contributed by atoms with Crippen molar-refractivity contribution in [2.24, 2.45) is 16.3 Å². The average Bonchev–Trinajstić information content (AvgIpc) is 3.09. The first-order valence-corrected chi connectivity index (χ1v) is 12.9. The van der Waals surface area contributed by atoms with Gasteiger partial charge in [-0.3, -0.25) is 9.79 Å². The minimum Gasteiger partial charge on any atom is -0.306 e. The molecule has 0 bridgehead atoms. The summed E-state index contributed by atoms with van der Waals surface area (Å²) >= 11 is 0. The predicted octanol–water partition coefficient (Wildman–Crippen LogP) is 7.88. The Labute approximate surface area is 212 Å². The van der Waals surface area contributed by atoms with Gasteiger partial charge < -0.3 is 4.90 Å². The minimum absolute atomic E-state index is 0.151. The normalized spacial score (nSPS) is 26.0. The van der Waals surface area contributed by atoms with Gasteiger partial charge >= 0.3 is 6.18 Å². The van der Waals surface area contributed by atoms with Gasteiger partial charge in [0.1, 0.15) is 11.4 Å². The van der Waals surface area contributed by atoms with Gasteiger partial charge in [-0.15, -0.1) is 0 Å². The number of benzene rings is 1. The van der Waals surface area contributed by atoms with Gasteiger partial charge in [0.2, 0.25) is 0 Å². The van der Waals surface area contributed by atoms with Crippen LogP contribution in [0.25, 0.3) is 0 Å². The van der Waals surface area contributed by atoms with Crippen LogP contribution in [0.2, 0.25) is 0 Å². The molecule has 1 heterocycles. The fourth-order valence-corrected chi connectivity index (χ4v) is 5.98. The highest BCUT2D eigenvalue weighted by atomic mass is 19.4. The van der Waals surface area contributed by atoms with Crippen LogP contribution in [-0.2, 0) is 11.0 Å². The average molecular weight is 499 g/mol. The molecule has 0 saturated heterocycles. The molecule has 1 aliphatic heterocycles. The molecule has 1 fully saturated rings. The summed E-state index contributed by atoms with van der Waals surface area (Å²) in [5.41, 5.74) is 2.97. The maximum atomic E-state index is 13.9. The molecule has 3 aliphatic rings. The largest absolute Gasteiger partial charge is 0.416 e. The highest BCUT2D eigenvalue weighted by molar-refractivity contribution is 6.46. The van der Waals surface area contributed by atoms with Gasteiger partial charge in [0.25, 0.3) is 5.91 Å². The zero-order valence-corrected chi connectivity index (χ0v) is 22.0. The van der Waals surface area contributed by atoms with E-state index in [-0.39, 0.29) is 23.1 Å². The number of allylic oxidation sites excluding steroid dienone is 4. The Balaban J connectivity index is 1.70. The standard InChI is InChI=1S/C30H37F3N2O/c1-19(2)21-7-9-22(10-8-21)20(3)35-27(36)26(23-11-13-25(14-12-23)30(31,32)33)34-29(35)17-15-24(16-18-29)28(4,5)6/h7,9,11-14,20,24H,1,8,10,15-18H2,2-6H3. The zero-order valence-electron chi connectivity index (χ0n) is 22.0. The number of carbonyl (C=O) groups is 1. The Morgan fingerprint density at radius 2 is 1.69 bits per heavy atom. The van der Waals surface area contributed by atoms with Gasteiger partial charge in [0.05, 0.1) is 11.6 Å². The van der Waals surface area contributed by atoms with E-state index in [2.05, 4.69) is 46.4 Å². The fraction of sp³-hybridized carbons (Fsp3) is 0.533. The molecule has 0 N–H and O–H groups in total. The van der Waals surface area contributed by atoms with Crippen LogP contribution in [0.3, 0.4) is 0 Å². The summed E-state index contributed by atoms with van der Waals surface area (Å²) in [5, 5.41) is 0. The molecule has 6 heteroatoms. The smallest absolute Gasteiger partial charge is 0.306 e. The molecule has 1 unspecified atom stereocenters. The number of alkyl halides is 3. The van der Waals surface area contributed by atoms with Crippen molar-refractivity contribution in [1.29, 1.82) is 0 Å². The van der Waals surface area contributed by atoms with Crippen molar-refractivity contribution in [2.75, 3.05) is 0 Å². The maximum absolute atomic E-state index is 13.9. The number of amides is 1. The van der Waals surface area contributed by atoms with Crippen LogP contribution in [0.5, 0.6) is 0 Å². The van der Waals surface area contributed by atoms with E-state index < -0.39 is 17.4 Å². The lowest BCUT2D eigenvalue weighted by molar-refractivity contribution is -0.137. The monoisotopic (exact) mass is 498 g/mol. The van der Waals surface area contributed by atoms with Crippen LogP contribution in [0.1, 0.15) is 84.3 Å². The molecule has 194 valence electrons. The van der Waals surface area contributed by atoms with Crippen molar-refractivity contribution in [3.63, 3.8) is 0 Å². The molecule has 4 rings (SSSR count). The number of nitrogens with zero attached hydrogens (tertiary/aromatic N) is 2. The summed E-state index contributed by atoms with van der Waals surface area (Å²) in [6.45, 7) is 14.9. The van der Waals surface area contributed by atoms with E-state index >= 15 is 0 Å². The summed E-state index contributed by atoms with van der Waals surface area (Å²) in [5.74, 6) is 0.350. The highest BCUT2D eigenvalue weighted by Crippen LogP contribution is 2.48. The molecule has 1 saturated carbocycles. The molecular weight excluding hydrogens is 461 g/mol. The Bertz CT molecular complexity index is 1120. The summed E-state index contributed by atoms with van der Waals surface area (Å²) in [7, 11) is 0. The first kappa shape index (κ1) is 26.4. The van der Waals surface area contributed by atoms with E-state index in [1.54, 1.807) is 0 Å². The van der Waals surface area contributed by atoms with E-state index in [0.717, 1.165) is 56.2 Å². The fourth-order valence-electron chi connectivity index (χ4n) is 5.98. The molecule has 1 spiro atoms. The molecule has 0 radical (unpaired) electrons. The Hall–Kier alpha value is -2.63. The summed E-state index contributed by atoms with van der Waals surface area (Å²) in [6.07, 6.45) is 4.96. The number of hydrogen-bond donors (Lipinski definition) is 0. The molecule has 1 amide bonds. The molecule has 0 aromatic heterocycles. The van der Waals surface area contributed by atoms with E-state index in [1.165, 1.54) is 23.3 Å². The van der Waals surface area contributed by atoms with Crippen LogP contribution in [0.4, 0.5) is 13.2 Å². The van der Waals surface area contributed by atoms with Gasteiger partial charge in [-0.1, -0.05) is 57.2 Å². The number of rotatable bonds is 4. The molecule has 36 heavy (non-hydrogen) atoms. The topological polar surface area (TPSA) is 32.7 Å². The van der Waals surface area contributed by atoms with E-state index in [0.29, 0.717) is 11.5 Å². The summed E-state index contributed by atoms with van der Waals surface area (Å²) < 4.78 is 39.4. The number of carbonyl (C=O) groups excluding carboxylic acids is 1. The van der Waals surface area contributed by atoms with Crippen LogP contribution in [0, 0.1) is 11.3 Å². The Kier molecular flexibility index (Phi) is 6.87. The second-order valence-electron chi connectivity index (χ2n) is 11.7. The van der Waals surface area contributed by atoms with Gasteiger partial charge in [0, 0.05) is 5.56 Å². The van der Waals surface area contributed by atoms with Gasteiger partial charge in [-0.2, -0.15) is 13.2 Å². The Morgan fingerprint density at radius 1 is 1.08 bits per heavy atom. The van der Waals surface area contributed by atoms with E-state index in [9.17, 15) is 18.0 Å². The van der Waals surface area contributed by atoms with Crippen LogP contribution in [0.15, 0.2) is 64.7 Å². The second kappa shape index (κ2) is 9.35. The minimum atomic E-state index is -4.42. The molecule has 1 aromatic carbocycles. The molecule has 1 atom stereocenters. The second-order valence-corrected chi connectivity index (χ2v) is 11.7. The van der Waals surface area contributed by atoms with Crippen LogP contribution in [-0.4, -0.2) is 28.2 Å². The number of hydrogen-bond acceptors (Lipinski definition) is 2. The first-order chi connectivity index (χ1) is 16.7. The van der Waals surface area contributed by atoms with Crippen molar-refractivity contribution in [1.82, 2.24) is 4.90 Å². The molecule has 2 aliphatic carbocycles. The van der Waals surface area contributed by atoms with Crippen LogP contribution < -0.4 is 0 Å². The maximum Gasteiger partial charge on any atom is 0.416 e. The van der Waals surface area contributed by atoms with Crippen LogP contribution >= 0.6 is 0 Å². The number of halogens is 3. The van der Waals surface area contributed by atoms with Gasteiger partial charge in [-0.05, 0) is 87.0 Å². The predicted molar refractivity (Wildman–Crippen MR) is 139 cm³/mol. The van der Waals surface area contributed by atoms with Gasteiger partial charge in [0.15, 0.2) is 0 Å². The van der Waals surface area contributed by atoms with Crippen molar-refractivity contribution >= 4 is 11.6 Å². The zero-order chi connectivity index (χ0) is 26.5. The van der Waals surface area contributed by atoms with E-state index in [1.807, 2.05) is 11.8 Å². The SMILES string of the molecule is C=C(C)C1=CC=C(C(C)N2C(=O)C(c3ccc(C(F)(F)F)cc3)=NC23CCC(C(C)(C)C)CC3)CC1. The first-order valence-electron chi connectivity index (χ1n) is 12.9. The summed E-state index contributed by atoms with van der Waals surface area (Å²) in [6, 6.07) is 4.68. The van der Waals surface area contributed by atoms with Crippen molar-refractivity contribution in [3.8, 4) is 0 Å². The van der Waals surface area contributed by atoms with Crippen molar-refractivity contribution in [3.05, 3.63) is 70.8 Å². The lowest BCUT2D eigenvalue weighted by Crippen LogP contribution is -2.54. The quantitative estimate of drug-likeness (QED) is 0.416. The third-order valence-electron chi connectivity index (χ3n) is 8.34. The van der Waals surface area contributed by atoms with Crippen molar-refractivity contribution < 1.29 is 18.0 Å². The highest BCUT2D eigenvalue weighted by Gasteiger charge is 2.52. The Morgan fingerprint density at radius 3 is 2.17 bits per heavy atom. The molecule has 1 aromatic rings.